The summed E-state index contributed by atoms with van der Waals surface area (Å²) >= 11 is 1.89. The van der Waals surface area contributed by atoms with Gasteiger partial charge in [0, 0.05) is 11.3 Å². The molecule has 0 aromatic rings. The van der Waals surface area contributed by atoms with Crippen molar-refractivity contribution in [1.29, 1.82) is 0 Å². The van der Waals surface area contributed by atoms with E-state index in [-0.39, 0.29) is 17.9 Å². The molecule has 22 heavy (non-hydrogen) atoms. The zero-order valence-corrected chi connectivity index (χ0v) is 13.9. The van der Waals surface area contributed by atoms with Crippen LogP contribution in [0.1, 0.15) is 51.4 Å². The van der Waals surface area contributed by atoms with E-state index >= 15 is 0 Å². The van der Waals surface area contributed by atoms with Gasteiger partial charge in [-0.1, -0.05) is 0 Å². The number of hydrogen-bond donors (Lipinski definition) is 2. The van der Waals surface area contributed by atoms with E-state index in [1.165, 1.54) is 38.5 Å². The first-order valence-electron chi connectivity index (χ1n) is 8.83. The van der Waals surface area contributed by atoms with Crippen LogP contribution in [0, 0.1) is 17.8 Å². The molecule has 0 unspecified atom stereocenters. The lowest BCUT2D eigenvalue weighted by Gasteiger charge is -2.56. The Morgan fingerprint density at radius 1 is 1.18 bits per heavy atom. The third-order valence-corrected chi connectivity index (χ3v) is 7.63. The summed E-state index contributed by atoms with van der Waals surface area (Å²) in [5, 5.41) is 5.76. The minimum absolute atomic E-state index is 0.0144. The molecule has 4 saturated carbocycles. The fraction of sp³-hybridized carbons (Fsp3) is 0.882. The van der Waals surface area contributed by atoms with Gasteiger partial charge in [-0.15, -0.1) is 11.8 Å². The van der Waals surface area contributed by atoms with Crippen LogP contribution < -0.4 is 10.6 Å². The van der Waals surface area contributed by atoms with Gasteiger partial charge in [-0.25, -0.2) is 0 Å². The van der Waals surface area contributed by atoms with Crippen LogP contribution in [-0.4, -0.2) is 34.9 Å². The first kappa shape index (κ1) is 14.9. The second-order valence-electron chi connectivity index (χ2n) is 7.94. The van der Waals surface area contributed by atoms with Crippen molar-refractivity contribution in [3.05, 3.63) is 0 Å². The third-order valence-electron chi connectivity index (χ3n) is 6.11. The van der Waals surface area contributed by atoms with Gasteiger partial charge in [-0.3, -0.25) is 9.59 Å². The normalized spacial score (nSPS) is 43.0. The van der Waals surface area contributed by atoms with E-state index in [2.05, 4.69) is 10.6 Å². The Morgan fingerprint density at radius 2 is 1.82 bits per heavy atom. The first-order chi connectivity index (χ1) is 10.6. The van der Waals surface area contributed by atoms with Gasteiger partial charge in [-0.2, -0.15) is 0 Å². The lowest BCUT2D eigenvalue weighted by Crippen LogP contribution is -2.52. The summed E-state index contributed by atoms with van der Waals surface area (Å²) < 4.78 is 0.376. The Morgan fingerprint density at radius 3 is 2.41 bits per heavy atom. The largest absolute Gasteiger partial charge is 0.354 e. The Hall–Kier alpha value is -0.710. The number of nitrogens with one attached hydrogen (secondary N) is 2. The van der Waals surface area contributed by atoms with Gasteiger partial charge in [0.2, 0.25) is 11.8 Å². The number of thioether (sulfide) groups is 1. The van der Waals surface area contributed by atoms with E-state index in [4.69, 9.17) is 0 Å². The summed E-state index contributed by atoms with van der Waals surface area (Å²) in [7, 11) is 0. The molecule has 1 aliphatic heterocycles. The van der Waals surface area contributed by atoms with Gasteiger partial charge < -0.3 is 10.6 Å². The number of rotatable bonds is 4. The number of hydrogen-bond acceptors (Lipinski definition) is 3. The summed E-state index contributed by atoms with van der Waals surface area (Å²) in [6.45, 7) is 0.743. The van der Waals surface area contributed by atoms with E-state index in [1.807, 2.05) is 11.8 Å². The molecule has 4 nitrogen and oxygen atoms in total. The average Bonchev–Trinajstić information content (AvgIpc) is 2.46. The van der Waals surface area contributed by atoms with Gasteiger partial charge in [0.1, 0.15) is 6.04 Å². The van der Waals surface area contributed by atoms with Gasteiger partial charge >= 0.3 is 0 Å². The minimum atomic E-state index is -0.307. The maximum Gasteiger partial charge on any atom is 0.242 e. The maximum absolute atomic E-state index is 12.2. The molecule has 0 radical (unpaired) electrons. The van der Waals surface area contributed by atoms with Crippen molar-refractivity contribution in [2.45, 2.75) is 62.2 Å². The summed E-state index contributed by atoms with van der Waals surface area (Å²) in [4.78, 5) is 24.0. The van der Waals surface area contributed by atoms with E-state index in [1.54, 1.807) is 0 Å². The fourth-order valence-electron chi connectivity index (χ4n) is 5.57. The van der Waals surface area contributed by atoms with E-state index in [9.17, 15) is 9.59 Å². The highest BCUT2D eigenvalue weighted by atomic mass is 32.2. The molecule has 4 bridgehead atoms. The Labute approximate surface area is 136 Å². The molecule has 5 fully saturated rings. The Kier molecular flexibility index (Phi) is 3.87. The quantitative estimate of drug-likeness (QED) is 0.833. The molecule has 4 aliphatic carbocycles. The molecule has 2 N–H and O–H groups in total. The molecular weight excluding hydrogens is 296 g/mol. The molecule has 0 spiro atoms. The highest BCUT2D eigenvalue weighted by Gasteiger charge is 2.51. The van der Waals surface area contributed by atoms with Crippen LogP contribution in [0.25, 0.3) is 0 Å². The lowest BCUT2D eigenvalue weighted by molar-refractivity contribution is -0.129. The van der Waals surface area contributed by atoms with E-state index in [0.717, 1.165) is 37.1 Å². The van der Waals surface area contributed by atoms with Crippen molar-refractivity contribution in [2.24, 2.45) is 17.8 Å². The predicted molar refractivity (Wildman–Crippen MR) is 87.5 cm³/mol. The van der Waals surface area contributed by atoms with Gasteiger partial charge in [-0.05, 0) is 69.1 Å². The van der Waals surface area contributed by atoms with E-state index in [0.29, 0.717) is 10.5 Å². The third kappa shape index (κ3) is 2.89. The molecule has 2 amide bonds. The minimum Gasteiger partial charge on any atom is -0.354 e. The van der Waals surface area contributed by atoms with Gasteiger partial charge in [0.15, 0.2) is 0 Å². The molecule has 1 heterocycles. The van der Waals surface area contributed by atoms with Crippen LogP contribution in [0.4, 0.5) is 0 Å². The van der Waals surface area contributed by atoms with E-state index < -0.39 is 0 Å². The van der Waals surface area contributed by atoms with Gasteiger partial charge in [0.05, 0.1) is 5.75 Å². The highest BCUT2D eigenvalue weighted by molar-refractivity contribution is 8.01. The molecule has 5 rings (SSSR count). The number of carbonyl (C=O) groups is 2. The second kappa shape index (κ2) is 5.73. The predicted octanol–water partition coefficient (Wildman–Crippen LogP) is 2.08. The van der Waals surface area contributed by atoms with Crippen molar-refractivity contribution in [3.63, 3.8) is 0 Å². The van der Waals surface area contributed by atoms with Crippen LogP contribution in [0.3, 0.4) is 0 Å². The SMILES string of the molecule is O=C(CSC12CC3CC(CC(C3)C1)C2)N[C@@H]1CCCNC1=O. The summed E-state index contributed by atoms with van der Waals surface area (Å²) in [5.74, 6) is 3.32. The molecule has 1 saturated heterocycles. The smallest absolute Gasteiger partial charge is 0.242 e. The molecule has 0 aromatic heterocycles. The van der Waals surface area contributed by atoms with Crippen LogP contribution in [0.5, 0.6) is 0 Å². The maximum atomic E-state index is 12.2. The molecule has 122 valence electrons. The van der Waals surface area contributed by atoms with Crippen molar-refractivity contribution in [3.8, 4) is 0 Å². The number of piperidine rings is 1. The monoisotopic (exact) mass is 322 g/mol. The van der Waals surface area contributed by atoms with Gasteiger partial charge in [0.25, 0.3) is 0 Å². The van der Waals surface area contributed by atoms with Crippen LogP contribution in [0.2, 0.25) is 0 Å². The fourth-order valence-corrected chi connectivity index (χ4v) is 7.15. The van der Waals surface area contributed by atoms with Crippen molar-refractivity contribution < 1.29 is 9.59 Å². The zero-order chi connectivity index (χ0) is 15.2. The van der Waals surface area contributed by atoms with Crippen LogP contribution >= 0.6 is 11.8 Å². The Balaban J connectivity index is 1.31. The number of amides is 2. The molecule has 5 aliphatic rings. The van der Waals surface area contributed by atoms with Crippen molar-refractivity contribution >= 4 is 23.6 Å². The molecule has 0 aromatic carbocycles. The standard InChI is InChI=1S/C17H26N2O2S/c20-15(19-14-2-1-3-18-16(14)21)10-22-17-7-11-4-12(8-17)6-13(5-11)9-17/h11-14H,1-10H2,(H,18,21)(H,19,20)/t11?,12?,13?,14-,17?/m1/s1. The summed E-state index contributed by atoms with van der Waals surface area (Å²) in [5.41, 5.74) is 0. The molecule has 1 atom stereocenters. The van der Waals surface area contributed by atoms with Crippen LogP contribution in [-0.2, 0) is 9.59 Å². The molecule has 5 heteroatoms. The lowest BCUT2D eigenvalue weighted by atomic mass is 9.56. The van der Waals surface area contributed by atoms with Crippen LogP contribution in [0.15, 0.2) is 0 Å². The summed E-state index contributed by atoms with van der Waals surface area (Å²) in [6.07, 6.45) is 10.0. The zero-order valence-electron chi connectivity index (χ0n) is 13.1. The van der Waals surface area contributed by atoms with Crippen molar-refractivity contribution in [1.82, 2.24) is 10.6 Å². The van der Waals surface area contributed by atoms with Crippen molar-refractivity contribution in [2.75, 3.05) is 12.3 Å². The summed E-state index contributed by atoms with van der Waals surface area (Å²) in [6, 6.07) is -0.307. The number of carbonyl (C=O) groups excluding carboxylic acids is 2. The second-order valence-corrected chi connectivity index (χ2v) is 9.39. The Bertz CT molecular complexity index is 444. The topological polar surface area (TPSA) is 58.2 Å². The first-order valence-corrected chi connectivity index (χ1v) is 9.81. The molecular formula is C17H26N2O2S. The highest BCUT2D eigenvalue weighted by Crippen LogP contribution is 2.60. The average molecular weight is 322 g/mol.